The number of ether oxygens (including phenoxy) is 1. The first kappa shape index (κ1) is 19.1. The van der Waals surface area contributed by atoms with E-state index in [2.05, 4.69) is 20.4 Å². The first-order chi connectivity index (χ1) is 12.9. The Morgan fingerprint density at radius 3 is 2.63 bits per heavy atom. The minimum Gasteiger partial charge on any atom is -0.465 e. The molecule has 0 aliphatic heterocycles. The number of carbonyl (C=O) groups is 2. The Balaban J connectivity index is 1.85. The normalized spacial score (nSPS) is 15.0. The summed E-state index contributed by atoms with van der Waals surface area (Å²) in [5, 5.41) is 7.00. The van der Waals surface area contributed by atoms with Gasteiger partial charge in [-0.15, -0.1) is 0 Å². The average Bonchev–Trinajstić information content (AvgIpc) is 3.28. The van der Waals surface area contributed by atoms with Crippen LogP contribution in [0.15, 0.2) is 4.52 Å². The second-order valence-electron chi connectivity index (χ2n) is 7.28. The van der Waals surface area contributed by atoms with Crippen molar-refractivity contribution < 1.29 is 18.8 Å². The molecule has 0 saturated heterocycles. The summed E-state index contributed by atoms with van der Waals surface area (Å²) in [5.41, 5.74) is 2.02. The van der Waals surface area contributed by atoms with Gasteiger partial charge in [0.1, 0.15) is 11.7 Å². The van der Waals surface area contributed by atoms with Crippen LogP contribution in [0.5, 0.6) is 0 Å². The van der Waals surface area contributed by atoms with Gasteiger partial charge in [0.05, 0.1) is 12.7 Å². The van der Waals surface area contributed by atoms with E-state index in [-0.39, 0.29) is 11.8 Å². The maximum absolute atomic E-state index is 12.9. The van der Waals surface area contributed by atoms with Gasteiger partial charge in [-0.1, -0.05) is 25.9 Å². The predicted octanol–water partition coefficient (Wildman–Crippen LogP) is 3.06. The molecule has 1 unspecified atom stereocenters. The van der Waals surface area contributed by atoms with E-state index >= 15 is 0 Å². The van der Waals surface area contributed by atoms with Gasteiger partial charge >= 0.3 is 5.97 Å². The largest absolute Gasteiger partial charge is 0.465 e. The number of aromatic amines is 1. The molecule has 146 valence electrons. The monoisotopic (exact) mass is 374 g/mol. The number of amides is 1. The highest BCUT2D eigenvalue weighted by Crippen LogP contribution is 2.38. The number of carbonyl (C=O) groups excluding carboxylic acids is 2. The number of nitrogens with zero attached hydrogens (tertiary/aromatic N) is 2. The van der Waals surface area contributed by atoms with Crippen molar-refractivity contribution in [2.24, 2.45) is 5.92 Å². The second-order valence-corrected chi connectivity index (χ2v) is 7.28. The molecule has 1 saturated carbocycles. The van der Waals surface area contributed by atoms with Crippen molar-refractivity contribution in [3.8, 4) is 0 Å². The summed E-state index contributed by atoms with van der Waals surface area (Å²) in [4.78, 5) is 32.5. The highest BCUT2D eigenvalue weighted by atomic mass is 16.5. The van der Waals surface area contributed by atoms with E-state index in [0.29, 0.717) is 46.6 Å². The van der Waals surface area contributed by atoms with E-state index < -0.39 is 12.0 Å². The van der Waals surface area contributed by atoms with Crippen LogP contribution in [0.2, 0.25) is 0 Å². The lowest BCUT2D eigenvalue weighted by Gasteiger charge is -2.18. The Kier molecular flexibility index (Phi) is 5.34. The number of aromatic nitrogens is 3. The fourth-order valence-corrected chi connectivity index (χ4v) is 3.14. The van der Waals surface area contributed by atoms with Crippen LogP contribution >= 0.6 is 0 Å². The molecule has 8 heteroatoms. The summed E-state index contributed by atoms with van der Waals surface area (Å²) in [7, 11) is 1.33. The Labute approximate surface area is 158 Å². The Hall–Kier alpha value is -2.64. The van der Waals surface area contributed by atoms with Gasteiger partial charge in [-0.2, -0.15) is 4.98 Å². The number of hydrogen-bond donors (Lipinski definition) is 2. The van der Waals surface area contributed by atoms with Crippen molar-refractivity contribution in [2.75, 3.05) is 7.11 Å². The lowest BCUT2D eigenvalue weighted by atomic mass is 10.0. The zero-order chi connectivity index (χ0) is 19.7. The fraction of sp³-hybridized carbons (Fsp3) is 0.579. The third-order valence-corrected chi connectivity index (χ3v) is 4.92. The van der Waals surface area contributed by atoms with E-state index in [4.69, 9.17) is 9.26 Å². The highest BCUT2D eigenvalue weighted by molar-refractivity contribution is 6.00. The van der Waals surface area contributed by atoms with Crippen molar-refractivity contribution in [3.63, 3.8) is 0 Å². The van der Waals surface area contributed by atoms with Crippen LogP contribution in [-0.2, 0) is 11.2 Å². The first-order valence-corrected chi connectivity index (χ1v) is 9.31. The summed E-state index contributed by atoms with van der Waals surface area (Å²) >= 11 is 0. The molecule has 1 aliphatic rings. The lowest BCUT2D eigenvalue weighted by Crippen LogP contribution is -2.32. The van der Waals surface area contributed by atoms with Gasteiger partial charge in [-0.3, -0.25) is 4.79 Å². The number of H-pyrrole nitrogens is 1. The van der Waals surface area contributed by atoms with Crippen LogP contribution in [0.25, 0.3) is 0 Å². The smallest absolute Gasteiger partial charge is 0.339 e. The maximum Gasteiger partial charge on any atom is 0.339 e. The Bertz CT molecular complexity index is 848. The van der Waals surface area contributed by atoms with Gasteiger partial charge in [0.2, 0.25) is 5.89 Å². The molecular formula is C19H26N4O4. The van der Waals surface area contributed by atoms with Crippen LogP contribution in [-0.4, -0.2) is 34.1 Å². The van der Waals surface area contributed by atoms with Crippen molar-refractivity contribution >= 4 is 11.9 Å². The van der Waals surface area contributed by atoms with Crippen molar-refractivity contribution in [1.82, 2.24) is 20.4 Å². The topological polar surface area (TPSA) is 110 Å². The SMILES string of the molecule is CCc1[nH]c(C(=O)NC(c2nc(C3CC3)no2)C(C)C)c(C)c1C(=O)OC. The third kappa shape index (κ3) is 3.74. The number of esters is 1. The van der Waals surface area contributed by atoms with Crippen LogP contribution in [0.1, 0.15) is 89.4 Å². The van der Waals surface area contributed by atoms with Crippen molar-refractivity contribution in [3.05, 3.63) is 34.2 Å². The second kappa shape index (κ2) is 7.54. The summed E-state index contributed by atoms with van der Waals surface area (Å²) in [6.45, 7) is 7.60. The Morgan fingerprint density at radius 2 is 2.07 bits per heavy atom. The fourth-order valence-electron chi connectivity index (χ4n) is 3.14. The van der Waals surface area contributed by atoms with Crippen molar-refractivity contribution in [1.29, 1.82) is 0 Å². The number of hydrogen-bond acceptors (Lipinski definition) is 6. The maximum atomic E-state index is 12.9. The molecule has 1 atom stereocenters. The van der Waals surface area contributed by atoms with E-state index in [0.717, 1.165) is 12.8 Å². The van der Waals surface area contributed by atoms with Gasteiger partial charge in [-0.05, 0) is 37.7 Å². The number of methoxy groups -OCH3 is 1. The molecule has 0 spiro atoms. The zero-order valence-corrected chi connectivity index (χ0v) is 16.4. The Morgan fingerprint density at radius 1 is 1.37 bits per heavy atom. The molecule has 2 N–H and O–H groups in total. The van der Waals surface area contributed by atoms with Crippen LogP contribution < -0.4 is 5.32 Å². The minimum absolute atomic E-state index is 0.0578. The molecule has 0 radical (unpaired) electrons. The molecule has 1 aliphatic carbocycles. The number of rotatable bonds is 7. The van der Waals surface area contributed by atoms with E-state index in [1.807, 2.05) is 20.8 Å². The molecule has 8 nitrogen and oxygen atoms in total. The van der Waals surface area contributed by atoms with E-state index in [1.54, 1.807) is 6.92 Å². The molecule has 1 fully saturated rings. The van der Waals surface area contributed by atoms with Gasteiger partial charge in [0.15, 0.2) is 5.82 Å². The predicted molar refractivity (Wildman–Crippen MR) is 97.6 cm³/mol. The van der Waals surface area contributed by atoms with Gasteiger partial charge < -0.3 is 19.6 Å². The molecule has 2 aromatic heterocycles. The molecule has 0 bridgehead atoms. The van der Waals surface area contributed by atoms with Crippen LogP contribution in [0.3, 0.4) is 0 Å². The molecular weight excluding hydrogens is 348 g/mol. The highest BCUT2D eigenvalue weighted by Gasteiger charge is 2.32. The lowest BCUT2D eigenvalue weighted by molar-refractivity contribution is 0.0599. The van der Waals surface area contributed by atoms with E-state index in [1.165, 1.54) is 7.11 Å². The number of aryl methyl sites for hydroxylation is 1. The summed E-state index contributed by atoms with van der Waals surface area (Å²) in [6.07, 6.45) is 2.74. The zero-order valence-electron chi connectivity index (χ0n) is 16.4. The van der Waals surface area contributed by atoms with Crippen LogP contribution in [0.4, 0.5) is 0 Å². The molecule has 0 aromatic carbocycles. The summed E-state index contributed by atoms with van der Waals surface area (Å²) < 4.78 is 10.3. The molecule has 1 amide bonds. The third-order valence-electron chi connectivity index (χ3n) is 4.92. The van der Waals surface area contributed by atoms with E-state index in [9.17, 15) is 9.59 Å². The molecule has 2 aromatic rings. The van der Waals surface area contributed by atoms with Crippen molar-refractivity contribution in [2.45, 2.75) is 58.9 Å². The van der Waals surface area contributed by atoms with Crippen LogP contribution in [0, 0.1) is 12.8 Å². The standard InChI is InChI=1S/C19H26N4O4/c1-6-12-13(19(25)26-5)10(4)15(20-12)17(24)21-14(9(2)3)18-22-16(23-27-18)11-7-8-11/h9,11,14,20H,6-8H2,1-5H3,(H,21,24). The average molecular weight is 374 g/mol. The first-order valence-electron chi connectivity index (χ1n) is 9.31. The molecule has 2 heterocycles. The quantitative estimate of drug-likeness (QED) is 0.721. The van der Waals surface area contributed by atoms with Gasteiger partial charge in [0.25, 0.3) is 5.91 Å². The van der Waals surface area contributed by atoms with Gasteiger partial charge in [0, 0.05) is 11.6 Å². The molecule has 27 heavy (non-hydrogen) atoms. The van der Waals surface area contributed by atoms with Gasteiger partial charge in [-0.25, -0.2) is 4.79 Å². The summed E-state index contributed by atoms with van der Waals surface area (Å²) in [6, 6.07) is -0.410. The number of nitrogens with one attached hydrogen (secondary N) is 2. The molecule has 3 rings (SSSR count). The summed E-state index contributed by atoms with van der Waals surface area (Å²) in [5.74, 6) is 0.790. The minimum atomic E-state index is -0.453.